The molecule has 22 rings (SSSR count). The van der Waals surface area contributed by atoms with Crippen LogP contribution in [0, 0.1) is 0 Å². The molecule has 18 aromatic rings. The number of aromatic nitrogens is 1. The van der Waals surface area contributed by atoms with Gasteiger partial charge < -0.3 is 14.4 Å². The molecule has 4 aliphatic rings. The van der Waals surface area contributed by atoms with Gasteiger partial charge in [-0.2, -0.15) is 0 Å². The largest absolute Gasteiger partial charge is 0.310 e. The van der Waals surface area contributed by atoms with Crippen LogP contribution < -0.4 is 26.2 Å². The average Bonchev–Trinajstić information content (AvgIpc) is 1.57. The Morgan fingerprint density at radius 2 is 0.610 bits per heavy atom. The molecule has 0 atom stereocenters. The van der Waals surface area contributed by atoms with E-state index in [9.17, 15) is 0 Å². The number of hydrogen-bond acceptors (Lipinski definition) is 2. The van der Waals surface area contributed by atoms with Gasteiger partial charge in [0.2, 0.25) is 0 Å². The summed E-state index contributed by atoms with van der Waals surface area (Å²) in [4.78, 5) is 5.51. The molecule has 3 nitrogen and oxygen atoms in total. The molecule has 2 aliphatic carbocycles. The van der Waals surface area contributed by atoms with Crippen molar-refractivity contribution >= 4 is 79.0 Å². The van der Waals surface area contributed by atoms with Crippen LogP contribution in [0.5, 0.6) is 0 Å². The first-order valence-electron chi connectivity index (χ1n) is 43.9. The van der Waals surface area contributed by atoms with Crippen LogP contribution in [0.15, 0.2) is 376 Å². The first-order chi connectivity index (χ1) is 59.6. The van der Waals surface area contributed by atoms with Crippen LogP contribution in [0.1, 0.15) is 128 Å². The lowest BCUT2D eigenvalue weighted by Gasteiger charge is -2.46. The minimum Gasteiger partial charge on any atom is -0.310 e. The maximum atomic E-state index is 2.78. The second-order valence-corrected chi connectivity index (χ2v) is 38.7. The molecule has 123 heavy (non-hydrogen) atoms. The highest BCUT2D eigenvalue weighted by Gasteiger charge is 2.54. The third-order valence-electron chi connectivity index (χ3n) is 27.2. The van der Waals surface area contributed by atoms with Gasteiger partial charge in [-0.05, 0) is 221 Å². The summed E-state index contributed by atoms with van der Waals surface area (Å²) in [5.74, 6) is 0. The van der Waals surface area contributed by atoms with Crippen molar-refractivity contribution in [3.8, 4) is 106 Å². The number of fused-ring (bicyclic) bond motifs is 17. The molecule has 0 fully saturated rings. The molecule has 0 radical (unpaired) electrons. The van der Waals surface area contributed by atoms with Crippen molar-refractivity contribution in [1.82, 2.24) is 4.57 Å². The fourth-order valence-electron chi connectivity index (χ4n) is 21.1. The van der Waals surface area contributed by atoms with Gasteiger partial charge in [0.25, 0.3) is 6.71 Å². The molecule has 0 saturated heterocycles. The third-order valence-corrected chi connectivity index (χ3v) is 27.2. The first kappa shape index (κ1) is 75.4. The van der Waals surface area contributed by atoms with Gasteiger partial charge in [0, 0.05) is 55.8 Å². The minimum atomic E-state index is -0.631. The van der Waals surface area contributed by atoms with Gasteiger partial charge in [0.15, 0.2) is 0 Å². The van der Waals surface area contributed by atoms with Crippen molar-refractivity contribution in [1.29, 1.82) is 0 Å². The molecule has 1 spiro atoms. The highest BCUT2D eigenvalue weighted by Crippen LogP contribution is 2.65. The maximum absolute atomic E-state index is 2.78. The summed E-state index contributed by atoms with van der Waals surface area (Å²) in [7, 11) is 0. The highest BCUT2D eigenvalue weighted by atomic mass is 15.2. The van der Waals surface area contributed by atoms with Crippen molar-refractivity contribution in [3.05, 3.63) is 421 Å². The van der Waals surface area contributed by atoms with Gasteiger partial charge in [-0.3, -0.25) is 0 Å². The Morgan fingerprint density at radius 3 is 1.08 bits per heavy atom. The fraction of sp³-hybridized carbons (Fsp3) is 0.143. The number of nitrogens with zero attached hydrogens (tertiary/aromatic N) is 3. The SMILES string of the molecule is CC(C)(C)c1cc(-c2ccc3c(c2)B2c4ccc(-c5cccc6c5C5(c7ccccc7-c7ccccc75)c5ccccc5-6)cc4N(c4c(-c5ccccc5)cc(-c5ccccc5)cc4-c4ccccc4)c4cc(-n5c6ccc(C(C)(C)C)cc6c6cc(C(C)(C)C)ccc65)cc(c42)N3c2c(-c3ccccc3)cccc2-c2ccccc2)cc(C(C)(C)C)c1. The second kappa shape index (κ2) is 28.1. The van der Waals surface area contributed by atoms with E-state index in [-0.39, 0.29) is 28.4 Å². The zero-order valence-corrected chi connectivity index (χ0v) is 72.2. The van der Waals surface area contributed by atoms with E-state index in [0.717, 1.165) is 112 Å². The van der Waals surface area contributed by atoms with Crippen molar-refractivity contribution < 1.29 is 0 Å². The lowest BCUT2D eigenvalue weighted by Crippen LogP contribution is -2.61. The van der Waals surface area contributed by atoms with Crippen molar-refractivity contribution in [2.45, 2.75) is 110 Å². The summed E-state index contributed by atoms with van der Waals surface area (Å²) in [6.07, 6.45) is 0. The Morgan fingerprint density at radius 1 is 0.228 bits per heavy atom. The Labute approximate surface area is 725 Å². The maximum Gasteiger partial charge on any atom is 0.252 e. The Kier molecular flexibility index (Phi) is 17.3. The zero-order valence-electron chi connectivity index (χ0n) is 72.2. The lowest BCUT2D eigenvalue weighted by atomic mass is 9.33. The molecular weight excluding hydrogens is 1480 g/mol. The average molecular weight is 1580 g/mol. The summed E-state index contributed by atoms with van der Waals surface area (Å²) >= 11 is 0. The van der Waals surface area contributed by atoms with Crippen LogP contribution in [0.3, 0.4) is 0 Å². The van der Waals surface area contributed by atoms with Gasteiger partial charge in [-0.25, -0.2) is 0 Å². The third kappa shape index (κ3) is 12.0. The second-order valence-electron chi connectivity index (χ2n) is 38.7. The van der Waals surface area contributed by atoms with E-state index in [1.165, 1.54) is 111 Å². The molecule has 0 saturated carbocycles. The topological polar surface area (TPSA) is 11.4 Å². The predicted molar refractivity (Wildman–Crippen MR) is 524 cm³/mol. The summed E-state index contributed by atoms with van der Waals surface area (Å²) in [5, 5.41) is 2.47. The van der Waals surface area contributed by atoms with Crippen molar-refractivity contribution in [2.75, 3.05) is 9.80 Å². The first-order valence-corrected chi connectivity index (χ1v) is 43.9. The summed E-state index contributed by atoms with van der Waals surface area (Å²) < 4.78 is 2.63. The molecular formula is C119H98BN3. The molecule has 0 bridgehead atoms. The quantitative estimate of drug-likeness (QED) is 0.126. The number of anilines is 6. The molecule has 2 aliphatic heterocycles. The summed E-state index contributed by atoms with van der Waals surface area (Å²) in [5.41, 5.74) is 44.1. The van der Waals surface area contributed by atoms with E-state index >= 15 is 0 Å². The van der Waals surface area contributed by atoms with Gasteiger partial charge in [0.1, 0.15) is 0 Å². The van der Waals surface area contributed by atoms with Crippen molar-refractivity contribution in [2.24, 2.45) is 0 Å². The summed E-state index contributed by atoms with van der Waals surface area (Å²) in [6.45, 7) is 28.0. The molecule has 592 valence electrons. The van der Waals surface area contributed by atoms with Crippen LogP contribution in [0.25, 0.3) is 128 Å². The summed E-state index contributed by atoms with van der Waals surface area (Å²) in [6, 6.07) is 146. The molecule has 0 N–H and O–H groups in total. The predicted octanol–water partition coefficient (Wildman–Crippen LogP) is 30.1. The zero-order chi connectivity index (χ0) is 83.7. The lowest BCUT2D eigenvalue weighted by molar-refractivity contribution is 0.569. The van der Waals surface area contributed by atoms with Crippen LogP contribution >= 0.6 is 0 Å². The Hall–Kier alpha value is -13.8. The molecule has 3 heterocycles. The molecule has 0 unspecified atom stereocenters. The molecule has 0 amide bonds. The Balaban J connectivity index is 0.945. The molecule has 4 heteroatoms. The minimum absolute atomic E-state index is 0.123. The van der Waals surface area contributed by atoms with Gasteiger partial charge in [0.05, 0.1) is 33.5 Å². The Bertz CT molecular complexity index is 7040. The van der Waals surface area contributed by atoms with Crippen LogP contribution in [0.2, 0.25) is 0 Å². The number of hydrogen-bond donors (Lipinski definition) is 0. The van der Waals surface area contributed by atoms with E-state index in [1.54, 1.807) is 0 Å². The van der Waals surface area contributed by atoms with Gasteiger partial charge >= 0.3 is 0 Å². The molecule has 17 aromatic carbocycles. The standard InChI is InChI=1S/C119H98BN3/c1-115(2,3)84-58-62-105-98(71-84)99-72-85(116(4,5)6)59-63-106(99)121(105)88-73-109-112-110(74-88)123(114-96(78-42-24-16-25-43-78)66-83(75-36-18-13-19-37-75)67-97(114)79-44-26-17-27-45-79)108-69-81(89-49-34-52-95-94-48-30-33-55-102(94)119(111(89)95)100-53-31-28-46-92(100)93-47-29-32-54-101(93)119)56-60-103(108)120(112)104-68-80(82-64-86(117(7,8)9)70-87(65-82)118(10,11)12)57-61-107(104)122(109)113-90(76-38-20-14-21-39-76)50-35-51-91(113)77-40-22-15-23-41-77/h13-74H,1-12H3. The van der Waals surface area contributed by atoms with E-state index in [1.807, 2.05) is 0 Å². The number of para-hydroxylation sites is 1. The van der Waals surface area contributed by atoms with E-state index in [2.05, 4.69) is 474 Å². The van der Waals surface area contributed by atoms with Crippen molar-refractivity contribution in [3.63, 3.8) is 0 Å². The van der Waals surface area contributed by atoms with Gasteiger partial charge in [-0.1, -0.05) is 399 Å². The number of rotatable bonds is 10. The fourth-order valence-corrected chi connectivity index (χ4v) is 21.1. The van der Waals surface area contributed by atoms with Gasteiger partial charge in [-0.15, -0.1) is 0 Å². The van der Waals surface area contributed by atoms with E-state index < -0.39 is 5.41 Å². The highest BCUT2D eigenvalue weighted by molar-refractivity contribution is 7.00. The number of benzene rings is 17. The molecule has 1 aromatic heterocycles. The monoisotopic (exact) mass is 1580 g/mol. The smallest absolute Gasteiger partial charge is 0.252 e. The van der Waals surface area contributed by atoms with Crippen LogP contribution in [0.4, 0.5) is 34.1 Å². The van der Waals surface area contributed by atoms with Crippen LogP contribution in [-0.4, -0.2) is 11.3 Å². The van der Waals surface area contributed by atoms with E-state index in [4.69, 9.17) is 0 Å². The van der Waals surface area contributed by atoms with E-state index in [0.29, 0.717) is 0 Å². The normalized spacial score (nSPS) is 13.5. The van der Waals surface area contributed by atoms with Crippen LogP contribution in [-0.2, 0) is 27.1 Å².